The highest BCUT2D eigenvalue weighted by Gasteiger charge is 2.13. The van der Waals surface area contributed by atoms with Crippen LogP contribution in [0.3, 0.4) is 0 Å². The second kappa shape index (κ2) is 8.89. The van der Waals surface area contributed by atoms with Crippen molar-refractivity contribution in [3.8, 4) is 0 Å². The van der Waals surface area contributed by atoms with Gasteiger partial charge in [-0.3, -0.25) is 4.79 Å². The minimum absolute atomic E-state index is 0.0130. The Morgan fingerprint density at radius 2 is 1.71 bits per heavy atom. The van der Waals surface area contributed by atoms with Crippen LogP contribution in [0.1, 0.15) is 19.8 Å². The van der Waals surface area contributed by atoms with E-state index < -0.39 is 0 Å². The third-order valence-corrected chi connectivity index (χ3v) is 1.27. The van der Waals surface area contributed by atoms with Gasteiger partial charge in [-0.25, -0.2) is 9.68 Å². The zero-order valence-electron chi connectivity index (χ0n) is 8.31. The summed E-state index contributed by atoms with van der Waals surface area (Å²) in [6.45, 7) is 1.44. The molecule has 0 unspecified atom stereocenters. The SMILES string of the molecule is CCCC(=O)N(OCCO)OCCO. The molecule has 0 atom stereocenters. The van der Waals surface area contributed by atoms with E-state index in [1.54, 1.807) is 0 Å². The Hall–Kier alpha value is -0.690. The Morgan fingerprint density at radius 1 is 1.21 bits per heavy atom. The molecule has 0 aromatic rings. The zero-order chi connectivity index (χ0) is 10.8. The molecule has 0 spiro atoms. The quantitative estimate of drug-likeness (QED) is 0.523. The van der Waals surface area contributed by atoms with Crippen LogP contribution in [0.2, 0.25) is 0 Å². The van der Waals surface area contributed by atoms with E-state index in [9.17, 15) is 4.79 Å². The first-order chi connectivity index (χ1) is 6.76. The number of aliphatic hydroxyl groups is 2. The summed E-state index contributed by atoms with van der Waals surface area (Å²) in [6.07, 6.45) is 0.983. The van der Waals surface area contributed by atoms with Gasteiger partial charge in [0.05, 0.1) is 13.2 Å². The van der Waals surface area contributed by atoms with Crippen LogP contribution >= 0.6 is 0 Å². The summed E-state index contributed by atoms with van der Waals surface area (Å²) < 4.78 is 0. The van der Waals surface area contributed by atoms with Crippen LogP contribution in [0.25, 0.3) is 0 Å². The van der Waals surface area contributed by atoms with Crippen molar-refractivity contribution >= 4 is 5.91 Å². The van der Waals surface area contributed by atoms with Crippen molar-refractivity contribution < 1.29 is 24.7 Å². The molecule has 0 aromatic carbocycles. The van der Waals surface area contributed by atoms with Crippen LogP contribution in [0, 0.1) is 0 Å². The molecule has 0 fully saturated rings. The first-order valence-electron chi connectivity index (χ1n) is 4.56. The fourth-order valence-corrected chi connectivity index (χ4v) is 0.734. The molecule has 0 heterocycles. The summed E-state index contributed by atoms with van der Waals surface area (Å²) in [5.41, 5.74) is 0. The van der Waals surface area contributed by atoms with Gasteiger partial charge in [0.25, 0.3) is 5.91 Å². The molecule has 0 aliphatic heterocycles. The predicted octanol–water partition coefficient (Wildman–Crippen LogP) is -0.537. The second-order valence-electron chi connectivity index (χ2n) is 2.51. The average molecular weight is 207 g/mol. The summed E-state index contributed by atoms with van der Waals surface area (Å²) in [4.78, 5) is 20.9. The molecular formula is C8H17NO5. The molecule has 0 saturated carbocycles. The van der Waals surface area contributed by atoms with Crippen molar-refractivity contribution in [3.05, 3.63) is 0 Å². The van der Waals surface area contributed by atoms with Gasteiger partial charge in [-0.15, -0.1) is 0 Å². The molecule has 0 radical (unpaired) electrons. The lowest BCUT2D eigenvalue weighted by atomic mass is 10.3. The lowest BCUT2D eigenvalue weighted by Gasteiger charge is -2.19. The van der Waals surface area contributed by atoms with E-state index in [1.807, 2.05) is 6.92 Å². The Morgan fingerprint density at radius 3 is 2.07 bits per heavy atom. The van der Waals surface area contributed by atoms with Crippen LogP contribution in [-0.4, -0.2) is 47.8 Å². The maximum Gasteiger partial charge on any atom is 0.273 e. The minimum atomic E-state index is -0.325. The summed E-state index contributed by atoms with van der Waals surface area (Å²) >= 11 is 0. The second-order valence-corrected chi connectivity index (χ2v) is 2.51. The number of hydrogen-bond donors (Lipinski definition) is 2. The number of amides is 1. The number of hydroxylamine groups is 2. The molecule has 1 amide bonds. The molecule has 6 nitrogen and oxygen atoms in total. The van der Waals surface area contributed by atoms with Crippen LogP contribution in [0.15, 0.2) is 0 Å². The van der Waals surface area contributed by atoms with E-state index >= 15 is 0 Å². The third kappa shape index (κ3) is 5.87. The summed E-state index contributed by atoms with van der Waals surface area (Å²) in [6, 6.07) is 0. The number of rotatable bonds is 8. The van der Waals surface area contributed by atoms with Crippen LogP contribution in [0.5, 0.6) is 0 Å². The van der Waals surface area contributed by atoms with Crippen molar-refractivity contribution in [3.63, 3.8) is 0 Å². The lowest BCUT2D eigenvalue weighted by Crippen LogP contribution is -2.33. The highest BCUT2D eigenvalue weighted by Crippen LogP contribution is 1.99. The van der Waals surface area contributed by atoms with Gasteiger partial charge in [-0.2, -0.15) is 0 Å². The van der Waals surface area contributed by atoms with E-state index in [0.29, 0.717) is 12.8 Å². The zero-order valence-corrected chi connectivity index (χ0v) is 8.31. The maximum atomic E-state index is 11.3. The van der Waals surface area contributed by atoms with E-state index in [1.165, 1.54) is 0 Å². The Labute approximate surface area is 82.9 Å². The largest absolute Gasteiger partial charge is 0.394 e. The molecule has 0 saturated heterocycles. The summed E-state index contributed by atoms with van der Waals surface area (Å²) in [7, 11) is 0. The molecule has 0 rings (SSSR count). The molecule has 6 heteroatoms. The van der Waals surface area contributed by atoms with Gasteiger partial charge in [-0.1, -0.05) is 12.2 Å². The average Bonchev–Trinajstić information content (AvgIpc) is 2.18. The van der Waals surface area contributed by atoms with E-state index in [0.717, 1.165) is 5.23 Å². The van der Waals surface area contributed by atoms with Crippen LogP contribution in [-0.2, 0) is 14.5 Å². The standard InChI is InChI=1S/C8H17NO5/c1-2-3-8(12)9(13-6-4-10)14-7-5-11/h10-11H,2-7H2,1H3. The number of carbonyl (C=O) groups is 1. The number of carbonyl (C=O) groups excluding carboxylic acids is 1. The minimum Gasteiger partial charge on any atom is -0.394 e. The van der Waals surface area contributed by atoms with Crippen molar-refractivity contribution in [1.29, 1.82) is 0 Å². The lowest BCUT2D eigenvalue weighted by molar-refractivity contribution is -0.345. The fraction of sp³-hybridized carbons (Fsp3) is 0.875. The normalized spacial score (nSPS) is 10.2. The van der Waals surface area contributed by atoms with E-state index in [4.69, 9.17) is 19.9 Å². The fourth-order valence-electron chi connectivity index (χ4n) is 0.734. The number of aliphatic hydroxyl groups excluding tert-OH is 2. The first-order valence-corrected chi connectivity index (χ1v) is 4.56. The van der Waals surface area contributed by atoms with Crippen molar-refractivity contribution in [2.75, 3.05) is 26.4 Å². The van der Waals surface area contributed by atoms with Gasteiger partial charge < -0.3 is 10.2 Å². The predicted molar refractivity (Wildman–Crippen MR) is 47.8 cm³/mol. The smallest absolute Gasteiger partial charge is 0.273 e. The molecule has 14 heavy (non-hydrogen) atoms. The molecule has 0 aliphatic carbocycles. The Balaban J connectivity index is 3.88. The molecule has 0 aliphatic rings. The maximum absolute atomic E-state index is 11.3. The van der Waals surface area contributed by atoms with Gasteiger partial charge in [0.1, 0.15) is 13.2 Å². The van der Waals surface area contributed by atoms with Crippen molar-refractivity contribution in [1.82, 2.24) is 5.23 Å². The van der Waals surface area contributed by atoms with Crippen LogP contribution in [0.4, 0.5) is 0 Å². The molecular weight excluding hydrogens is 190 g/mol. The highest BCUT2D eigenvalue weighted by atomic mass is 17.0. The Kier molecular flexibility index (Phi) is 8.45. The molecule has 0 aromatic heterocycles. The van der Waals surface area contributed by atoms with Crippen molar-refractivity contribution in [2.45, 2.75) is 19.8 Å². The summed E-state index contributed by atoms with van der Waals surface area (Å²) in [5.74, 6) is -0.325. The van der Waals surface area contributed by atoms with Gasteiger partial charge in [-0.05, 0) is 6.42 Å². The molecule has 0 bridgehead atoms. The number of hydrogen-bond acceptors (Lipinski definition) is 5. The van der Waals surface area contributed by atoms with E-state index in [-0.39, 0.29) is 32.3 Å². The van der Waals surface area contributed by atoms with Gasteiger partial charge >= 0.3 is 0 Å². The van der Waals surface area contributed by atoms with E-state index in [2.05, 4.69) is 0 Å². The summed E-state index contributed by atoms with van der Waals surface area (Å²) in [5, 5.41) is 17.7. The van der Waals surface area contributed by atoms with Gasteiger partial charge in [0.2, 0.25) is 0 Å². The Bertz CT molecular complexity index is 145. The molecule has 84 valence electrons. The monoisotopic (exact) mass is 207 g/mol. The third-order valence-electron chi connectivity index (χ3n) is 1.27. The highest BCUT2D eigenvalue weighted by molar-refractivity contribution is 5.73. The van der Waals surface area contributed by atoms with Gasteiger partial charge in [0.15, 0.2) is 0 Å². The van der Waals surface area contributed by atoms with Crippen LogP contribution < -0.4 is 0 Å². The van der Waals surface area contributed by atoms with Gasteiger partial charge in [0, 0.05) is 6.42 Å². The van der Waals surface area contributed by atoms with Crippen molar-refractivity contribution in [2.24, 2.45) is 0 Å². The number of nitrogens with zero attached hydrogens (tertiary/aromatic N) is 1. The molecule has 2 N–H and O–H groups in total. The first kappa shape index (κ1) is 13.3. The topological polar surface area (TPSA) is 79.2 Å².